The molecule has 0 aliphatic carbocycles. The van der Waals surface area contributed by atoms with Gasteiger partial charge in [0.05, 0.1) is 25.0 Å². The average Bonchev–Trinajstić information content (AvgIpc) is 2.30. The number of esters is 2. The summed E-state index contributed by atoms with van der Waals surface area (Å²) in [5.74, 6) is -0.931. The quantitative estimate of drug-likeness (QED) is 0.761. The van der Waals surface area contributed by atoms with E-state index in [4.69, 9.17) is 9.47 Å². The normalized spacial score (nSPS) is 23.4. The number of hydrogen-bond acceptors (Lipinski definition) is 5. The van der Waals surface area contributed by atoms with Crippen LogP contribution in [-0.4, -0.2) is 38.2 Å². The van der Waals surface area contributed by atoms with Gasteiger partial charge in [-0.25, -0.2) is 0 Å². The molecule has 1 fully saturated rings. The molecular formula is C11H20ClNO4. The molecule has 1 aliphatic heterocycles. The zero-order valence-electron chi connectivity index (χ0n) is 10.2. The first kappa shape index (κ1) is 16.2. The molecule has 17 heavy (non-hydrogen) atoms. The standard InChI is InChI=1S/C11H19NO4.ClH/c1-3-15-10(13)8-5-9(7-12-6-8)11(14)16-4-2;/h8-9,12H,3-7H2,1-2H3;1H/t8-,9+;. The minimum atomic E-state index is -0.233. The summed E-state index contributed by atoms with van der Waals surface area (Å²) in [5.41, 5.74) is 0. The van der Waals surface area contributed by atoms with Gasteiger partial charge in [0.25, 0.3) is 0 Å². The van der Waals surface area contributed by atoms with E-state index in [2.05, 4.69) is 5.32 Å². The third-order valence-electron chi connectivity index (χ3n) is 2.59. The summed E-state index contributed by atoms with van der Waals surface area (Å²) in [6.45, 7) is 5.45. The zero-order valence-corrected chi connectivity index (χ0v) is 11.0. The molecule has 6 heteroatoms. The van der Waals surface area contributed by atoms with E-state index in [-0.39, 0.29) is 36.2 Å². The number of rotatable bonds is 4. The van der Waals surface area contributed by atoms with Crippen LogP contribution in [0.2, 0.25) is 0 Å². The van der Waals surface area contributed by atoms with E-state index < -0.39 is 0 Å². The third kappa shape index (κ3) is 4.91. The maximum absolute atomic E-state index is 11.5. The summed E-state index contributed by atoms with van der Waals surface area (Å²) < 4.78 is 9.88. The summed E-state index contributed by atoms with van der Waals surface area (Å²) >= 11 is 0. The van der Waals surface area contributed by atoms with Gasteiger partial charge in [0.1, 0.15) is 0 Å². The lowest BCUT2D eigenvalue weighted by Gasteiger charge is -2.27. The van der Waals surface area contributed by atoms with Crippen molar-refractivity contribution in [1.29, 1.82) is 0 Å². The van der Waals surface area contributed by atoms with Crippen molar-refractivity contribution in [2.75, 3.05) is 26.3 Å². The van der Waals surface area contributed by atoms with Crippen LogP contribution in [0, 0.1) is 11.8 Å². The van der Waals surface area contributed by atoms with Gasteiger partial charge in [0, 0.05) is 13.1 Å². The first-order chi connectivity index (χ1) is 7.69. The average molecular weight is 266 g/mol. The summed E-state index contributed by atoms with van der Waals surface area (Å²) in [6, 6.07) is 0. The van der Waals surface area contributed by atoms with Gasteiger partial charge in [0.15, 0.2) is 0 Å². The molecule has 0 aromatic carbocycles. The first-order valence-corrected chi connectivity index (χ1v) is 5.73. The van der Waals surface area contributed by atoms with Crippen LogP contribution in [0.3, 0.4) is 0 Å². The van der Waals surface area contributed by atoms with Gasteiger partial charge < -0.3 is 14.8 Å². The van der Waals surface area contributed by atoms with E-state index in [1.165, 1.54) is 0 Å². The molecule has 0 unspecified atom stereocenters. The number of nitrogens with one attached hydrogen (secondary N) is 1. The highest BCUT2D eigenvalue weighted by molar-refractivity contribution is 5.85. The second-order valence-electron chi connectivity index (χ2n) is 3.79. The summed E-state index contributed by atoms with van der Waals surface area (Å²) in [5, 5.41) is 3.06. The monoisotopic (exact) mass is 265 g/mol. The van der Waals surface area contributed by atoms with E-state index in [1.54, 1.807) is 13.8 Å². The molecule has 5 nitrogen and oxygen atoms in total. The van der Waals surface area contributed by atoms with Crippen LogP contribution < -0.4 is 5.32 Å². The summed E-state index contributed by atoms with van der Waals surface area (Å²) in [7, 11) is 0. The molecule has 1 heterocycles. The molecule has 0 aromatic rings. The van der Waals surface area contributed by atoms with Crippen LogP contribution in [0.5, 0.6) is 0 Å². The summed E-state index contributed by atoms with van der Waals surface area (Å²) in [4.78, 5) is 23.0. The predicted octanol–water partition coefficient (Wildman–Crippen LogP) is 0.760. The van der Waals surface area contributed by atoms with Crippen molar-refractivity contribution in [1.82, 2.24) is 5.32 Å². The maximum atomic E-state index is 11.5. The topological polar surface area (TPSA) is 64.6 Å². The number of carbonyl (C=O) groups is 2. The number of carbonyl (C=O) groups excluding carboxylic acids is 2. The highest BCUT2D eigenvalue weighted by Gasteiger charge is 2.32. The molecule has 1 saturated heterocycles. The molecule has 0 saturated carbocycles. The Bertz CT molecular complexity index is 236. The Morgan fingerprint density at radius 1 is 1.06 bits per heavy atom. The molecule has 1 N–H and O–H groups in total. The van der Waals surface area contributed by atoms with Crippen LogP contribution in [-0.2, 0) is 19.1 Å². The lowest BCUT2D eigenvalue weighted by atomic mass is 9.90. The second kappa shape index (κ2) is 8.31. The second-order valence-corrected chi connectivity index (χ2v) is 3.79. The number of ether oxygens (including phenoxy) is 2. The van der Waals surface area contributed by atoms with Crippen LogP contribution in [0.1, 0.15) is 20.3 Å². The van der Waals surface area contributed by atoms with E-state index in [9.17, 15) is 9.59 Å². The molecule has 2 atom stereocenters. The fourth-order valence-electron chi connectivity index (χ4n) is 1.82. The number of halogens is 1. The van der Waals surface area contributed by atoms with Crippen LogP contribution >= 0.6 is 12.4 Å². The fourth-order valence-corrected chi connectivity index (χ4v) is 1.82. The molecule has 0 spiro atoms. The van der Waals surface area contributed by atoms with Crippen molar-refractivity contribution < 1.29 is 19.1 Å². The lowest BCUT2D eigenvalue weighted by Crippen LogP contribution is -2.43. The highest BCUT2D eigenvalue weighted by atomic mass is 35.5. The molecular weight excluding hydrogens is 246 g/mol. The van der Waals surface area contributed by atoms with Crippen LogP contribution in [0.15, 0.2) is 0 Å². The number of hydrogen-bond donors (Lipinski definition) is 1. The van der Waals surface area contributed by atoms with Crippen molar-refractivity contribution >= 4 is 24.3 Å². The SMILES string of the molecule is CCOC(=O)[C@@H]1CNC[C@H](C(=O)OCC)C1.Cl. The maximum Gasteiger partial charge on any atom is 0.310 e. The first-order valence-electron chi connectivity index (χ1n) is 5.73. The van der Waals surface area contributed by atoms with Gasteiger partial charge in [-0.3, -0.25) is 9.59 Å². The van der Waals surface area contributed by atoms with E-state index >= 15 is 0 Å². The highest BCUT2D eigenvalue weighted by Crippen LogP contribution is 2.19. The molecule has 100 valence electrons. The Hall–Kier alpha value is -0.810. The third-order valence-corrected chi connectivity index (χ3v) is 2.59. The van der Waals surface area contributed by atoms with E-state index in [1.807, 2.05) is 0 Å². The number of piperidine rings is 1. The molecule has 0 aromatic heterocycles. The van der Waals surface area contributed by atoms with Gasteiger partial charge in [-0.05, 0) is 20.3 Å². The van der Waals surface area contributed by atoms with Crippen molar-refractivity contribution in [2.24, 2.45) is 11.8 Å². The molecule has 0 amide bonds. The van der Waals surface area contributed by atoms with Gasteiger partial charge in [-0.1, -0.05) is 0 Å². The Morgan fingerprint density at radius 2 is 1.47 bits per heavy atom. The minimum absolute atomic E-state index is 0. The van der Waals surface area contributed by atoms with Crippen LogP contribution in [0.4, 0.5) is 0 Å². The van der Waals surface area contributed by atoms with E-state index in [0.29, 0.717) is 32.7 Å². The Kier molecular flexibility index (Phi) is 7.91. The van der Waals surface area contributed by atoms with Crippen molar-refractivity contribution in [3.05, 3.63) is 0 Å². The minimum Gasteiger partial charge on any atom is -0.466 e. The largest absolute Gasteiger partial charge is 0.466 e. The Labute approximate surface area is 108 Å². The Balaban J connectivity index is 0.00000256. The van der Waals surface area contributed by atoms with E-state index in [0.717, 1.165) is 0 Å². The van der Waals surface area contributed by atoms with Gasteiger partial charge >= 0.3 is 11.9 Å². The van der Waals surface area contributed by atoms with Gasteiger partial charge in [-0.2, -0.15) is 0 Å². The van der Waals surface area contributed by atoms with Crippen molar-refractivity contribution in [2.45, 2.75) is 20.3 Å². The smallest absolute Gasteiger partial charge is 0.310 e. The predicted molar refractivity (Wildman–Crippen MR) is 65.0 cm³/mol. The molecule has 1 rings (SSSR count). The molecule has 0 radical (unpaired) electrons. The van der Waals surface area contributed by atoms with Crippen molar-refractivity contribution in [3.63, 3.8) is 0 Å². The van der Waals surface area contributed by atoms with Crippen molar-refractivity contribution in [3.8, 4) is 0 Å². The van der Waals surface area contributed by atoms with Crippen LogP contribution in [0.25, 0.3) is 0 Å². The van der Waals surface area contributed by atoms with Gasteiger partial charge in [-0.15, -0.1) is 12.4 Å². The molecule has 1 aliphatic rings. The van der Waals surface area contributed by atoms with Gasteiger partial charge in [0.2, 0.25) is 0 Å². The fraction of sp³-hybridized carbons (Fsp3) is 0.818. The molecule has 0 bridgehead atoms. The Morgan fingerprint density at radius 3 is 1.82 bits per heavy atom. The zero-order chi connectivity index (χ0) is 12.0. The summed E-state index contributed by atoms with van der Waals surface area (Å²) in [6.07, 6.45) is 0.519. The lowest BCUT2D eigenvalue weighted by molar-refractivity contribution is -0.153.